The molecule has 1 heterocycles. The molecule has 0 spiro atoms. The molecule has 1 rings (SSSR count). The van der Waals surface area contributed by atoms with E-state index in [9.17, 15) is 8.42 Å². The van der Waals surface area contributed by atoms with Crippen LogP contribution in [0.3, 0.4) is 0 Å². The molecular weight excluding hydrogens is 238 g/mol. The van der Waals surface area contributed by atoms with Gasteiger partial charge in [-0.05, 0) is 32.6 Å². The number of nitrogens with zero attached hydrogens (tertiary/aromatic N) is 2. The zero-order chi connectivity index (χ0) is 13.2. The highest BCUT2D eigenvalue weighted by molar-refractivity contribution is 7.86. The molecule has 1 fully saturated rings. The minimum Gasteiger partial charge on any atom is -0.329 e. The van der Waals surface area contributed by atoms with Crippen molar-refractivity contribution in [2.45, 2.75) is 45.7 Å². The molecule has 0 amide bonds. The minimum atomic E-state index is -3.37. The number of hydrogen-bond acceptors (Lipinski definition) is 3. The molecule has 2 N–H and O–H groups in total. The van der Waals surface area contributed by atoms with Gasteiger partial charge in [-0.25, -0.2) is 0 Å². The summed E-state index contributed by atoms with van der Waals surface area (Å²) in [6, 6.07) is -0.0920. The monoisotopic (exact) mass is 263 g/mol. The van der Waals surface area contributed by atoms with Gasteiger partial charge in [0.15, 0.2) is 0 Å². The van der Waals surface area contributed by atoms with E-state index in [1.165, 1.54) is 4.31 Å². The average Bonchev–Trinajstić information content (AvgIpc) is 2.27. The van der Waals surface area contributed by atoms with Crippen molar-refractivity contribution in [1.82, 2.24) is 8.61 Å². The lowest BCUT2D eigenvalue weighted by molar-refractivity contribution is 0.179. The normalized spacial score (nSPS) is 27.9. The van der Waals surface area contributed by atoms with Crippen LogP contribution in [0.1, 0.15) is 33.6 Å². The maximum absolute atomic E-state index is 12.4. The molecule has 1 aliphatic heterocycles. The van der Waals surface area contributed by atoms with Gasteiger partial charge < -0.3 is 5.73 Å². The molecule has 0 saturated carbocycles. The van der Waals surface area contributed by atoms with Crippen LogP contribution in [-0.4, -0.2) is 49.2 Å². The summed E-state index contributed by atoms with van der Waals surface area (Å²) >= 11 is 0. The molecule has 17 heavy (non-hydrogen) atoms. The Bertz CT molecular complexity index is 343. The van der Waals surface area contributed by atoms with Crippen molar-refractivity contribution in [1.29, 1.82) is 0 Å². The first-order valence-corrected chi connectivity index (χ1v) is 7.67. The van der Waals surface area contributed by atoms with E-state index in [1.807, 2.05) is 13.8 Å². The first-order chi connectivity index (χ1) is 7.82. The topological polar surface area (TPSA) is 66.6 Å². The molecule has 5 nitrogen and oxygen atoms in total. The van der Waals surface area contributed by atoms with Crippen molar-refractivity contribution in [2.24, 2.45) is 11.7 Å². The van der Waals surface area contributed by atoms with Crippen molar-refractivity contribution in [3.05, 3.63) is 0 Å². The Morgan fingerprint density at radius 1 is 1.47 bits per heavy atom. The van der Waals surface area contributed by atoms with Crippen LogP contribution in [0.15, 0.2) is 0 Å². The van der Waals surface area contributed by atoms with Gasteiger partial charge in [-0.3, -0.25) is 0 Å². The van der Waals surface area contributed by atoms with Crippen LogP contribution in [-0.2, 0) is 10.2 Å². The van der Waals surface area contributed by atoms with Crippen molar-refractivity contribution in [3.63, 3.8) is 0 Å². The maximum Gasteiger partial charge on any atom is 0.282 e. The Balaban J connectivity index is 2.96. The van der Waals surface area contributed by atoms with Crippen LogP contribution >= 0.6 is 0 Å². The van der Waals surface area contributed by atoms with E-state index in [2.05, 4.69) is 6.92 Å². The highest BCUT2D eigenvalue weighted by Crippen LogP contribution is 2.26. The molecule has 0 aromatic heterocycles. The summed E-state index contributed by atoms with van der Waals surface area (Å²) in [4.78, 5) is 0. The van der Waals surface area contributed by atoms with E-state index in [-0.39, 0.29) is 12.1 Å². The van der Waals surface area contributed by atoms with Crippen LogP contribution in [0.25, 0.3) is 0 Å². The first kappa shape index (κ1) is 14.9. The second kappa shape index (κ2) is 5.65. The molecule has 0 aromatic rings. The third kappa shape index (κ3) is 2.99. The van der Waals surface area contributed by atoms with E-state index >= 15 is 0 Å². The standard InChI is InChI=1S/C11H25N3O2S/c1-9(2)13(4)17(15,16)14-7-5-6-10(3)11(14)8-12/h9-11H,5-8,12H2,1-4H3/t10-,11+/m0/s1. The fourth-order valence-corrected chi connectivity index (χ4v) is 4.14. The lowest BCUT2D eigenvalue weighted by Crippen LogP contribution is -2.55. The number of nitrogens with two attached hydrogens (primary N) is 1. The van der Waals surface area contributed by atoms with Crippen LogP contribution in [0.5, 0.6) is 0 Å². The van der Waals surface area contributed by atoms with Crippen molar-refractivity contribution in [2.75, 3.05) is 20.1 Å². The van der Waals surface area contributed by atoms with E-state index in [0.717, 1.165) is 12.8 Å². The van der Waals surface area contributed by atoms with Gasteiger partial charge in [-0.15, -0.1) is 0 Å². The van der Waals surface area contributed by atoms with Gasteiger partial charge in [0.1, 0.15) is 0 Å². The van der Waals surface area contributed by atoms with Crippen molar-refractivity contribution in [3.8, 4) is 0 Å². The maximum atomic E-state index is 12.4. The SMILES string of the molecule is CC(C)N(C)S(=O)(=O)N1CCC[C@H](C)[C@H]1CN. The molecule has 1 aliphatic rings. The first-order valence-electron chi connectivity index (χ1n) is 6.27. The molecule has 0 bridgehead atoms. The van der Waals surface area contributed by atoms with Gasteiger partial charge in [0.25, 0.3) is 10.2 Å². The summed E-state index contributed by atoms with van der Waals surface area (Å²) in [7, 11) is -1.74. The number of hydrogen-bond donors (Lipinski definition) is 1. The second-order valence-corrected chi connectivity index (χ2v) is 7.09. The van der Waals surface area contributed by atoms with Crippen LogP contribution in [0.2, 0.25) is 0 Å². The summed E-state index contributed by atoms with van der Waals surface area (Å²) in [5.74, 6) is 0.337. The molecular formula is C11H25N3O2S. The third-order valence-corrected chi connectivity index (χ3v) is 5.89. The third-order valence-electron chi connectivity index (χ3n) is 3.69. The number of piperidine rings is 1. The van der Waals surface area contributed by atoms with Gasteiger partial charge >= 0.3 is 0 Å². The van der Waals surface area contributed by atoms with E-state index in [0.29, 0.717) is 19.0 Å². The Labute approximate surface area is 105 Å². The zero-order valence-corrected chi connectivity index (χ0v) is 12.1. The van der Waals surface area contributed by atoms with Crippen molar-refractivity contribution < 1.29 is 8.42 Å². The Morgan fingerprint density at radius 3 is 2.53 bits per heavy atom. The second-order valence-electron chi connectivity index (χ2n) is 5.15. The zero-order valence-electron chi connectivity index (χ0n) is 11.3. The molecule has 102 valence electrons. The lowest BCUT2D eigenvalue weighted by atomic mass is 9.93. The fourth-order valence-electron chi connectivity index (χ4n) is 2.28. The predicted molar refractivity (Wildman–Crippen MR) is 69.8 cm³/mol. The smallest absolute Gasteiger partial charge is 0.282 e. The quantitative estimate of drug-likeness (QED) is 0.809. The molecule has 6 heteroatoms. The highest BCUT2D eigenvalue weighted by Gasteiger charge is 2.38. The summed E-state index contributed by atoms with van der Waals surface area (Å²) in [5.41, 5.74) is 5.73. The van der Waals surface area contributed by atoms with Crippen LogP contribution in [0.4, 0.5) is 0 Å². The van der Waals surface area contributed by atoms with Gasteiger partial charge in [-0.1, -0.05) is 6.92 Å². The minimum absolute atomic E-state index is 0.0318. The number of rotatable bonds is 4. The molecule has 0 radical (unpaired) electrons. The molecule has 0 aromatic carbocycles. The molecule has 0 aliphatic carbocycles. The van der Waals surface area contributed by atoms with Gasteiger partial charge in [0.2, 0.25) is 0 Å². The Morgan fingerprint density at radius 2 is 2.06 bits per heavy atom. The van der Waals surface area contributed by atoms with Crippen LogP contribution < -0.4 is 5.73 Å². The largest absolute Gasteiger partial charge is 0.329 e. The molecule has 2 atom stereocenters. The lowest BCUT2D eigenvalue weighted by Gasteiger charge is -2.40. The molecule has 1 saturated heterocycles. The van der Waals surface area contributed by atoms with Crippen molar-refractivity contribution >= 4 is 10.2 Å². The summed E-state index contributed by atoms with van der Waals surface area (Å²) in [5, 5.41) is 0. The Hall–Kier alpha value is -0.170. The van der Waals surface area contributed by atoms with Gasteiger partial charge in [0, 0.05) is 32.2 Å². The predicted octanol–water partition coefficient (Wildman–Crippen LogP) is 0.631. The summed E-state index contributed by atoms with van der Waals surface area (Å²) in [6.07, 6.45) is 1.97. The van der Waals surface area contributed by atoms with Gasteiger partial charge in [0.05, 0.1) is 0 Å². The fraction of sp³-hybridized carbons (Fsp3) is 1.00. The average molecular weight is 263 g/mol. The summed E-state index contributed by atoms with van der Waals surface area (Å²) < 4.78 is 27.9. The van der Waals surface area contributed by atoms with Crippen LogP contribution in [0, 0.1) is 5.92 Å². The van der Waals surface area contributed by atoms with E-state index in [4.69, 9.17) is 5.73 Å². The van der Waals surface area contributed by atoms with E-state index in [1.54, 1.807) is 11.4 Å². The summed E-state index contributed by atoms with van der Waals surface area (Å²) in [6.45, 7) is 6.82. The Kier molecular flexibility index (Phi) is 4.95. The highest BCUT2D eigenvalue weighted by atomic mass is 32.2. The van der Waals surface area contributed by atoms with E-state index < -0.39 is 10.2 Å². The molecule has 0 unspecified atom stereocenters. The van der Waals surface area contributed by atoms with Gasteiger partial charge in [-0.2, -0.15) is 17.0 Å².